The van der Waals surface area contributed by atoms with Gasteiger partial charge in [0.1, 0.15) is 18.5 Å². The first-order valence-electron chi connectivity index (χ1n) is 9.07. The van der Waals surface area contributed by atoms with Crippen molar-refractivity contribution < 1.29 is 23.8 Å². The normalized spacial score (nSPS) is 20.8. The Hall–Kier alpha value is -2.12. The van der Waals surface area contributed by atoms with Crippen LogP contribution in [-0.2, 0) is 14.3 Å². The average molecular weight is 362 g/mol. The molecule has 7 heteroatoms. The molecule has 142 valence electrons. The van der Waals surface area contributed by atoms with Gasteiger partial charge in [0.2, 0.25) is 5.91 Å². The fourth-order valence-electron chi connectivity index (χ4n) is 3.23. The number of nitrogens with one attached hydrogen (secondary N) is 1. The lowest BCUT2D eigenvalue weighted by Crippen LogP contribution is -2.43. The quantitative estimate of drug-likeness (QED) is 0.823. The number of hydrogen-bond acceptors (Lipinski definition) is 5. The Labute approximate surface area is 153 Å². The molecule has 3 rings (SSSR count). The molecule has 26 heavy (non-hydrogen) atoms. The van der Waals surface area contributed by atoms with Gasteiger partial charge in [0, 0.05) is 45.2 Å². The van der Waals surface area contributed by atoms with Crippen molar-refractivity contribution >= 4 is 11.8 Å². The Bertz CT molecular complexity index is 605. The van der Waals surface area contributed by atoms with Crippen molar-refractivity contribution in [3.63, 3.8) is 0 Å². The Morgan fingerprint density at radius 1 is 1.19 bits per heavy atom. The molecule has 1 aromatic carbocycles. The topological polar surface area (TPSA) is 77.1 Å². The van der Waals surface area contributed by atoms with Crippen LogP contribution in [0, 0.1) is 0 Å². The van der Waals surface area contributed by atoms with Gasteiger partial charge in [-0.2, -0.15) is 0 Å². The smallest absolute Gasteiger partial charge is 0.251 e. The summed E-state index contributed by atoms with van der Waals surface area (Å²) in [6, 6.07) is 7.30. The van der Waals surface area contributed by atoms with E-state index < -0.39 is 0 Å². The van der Waals surface area contributed by atoms with Crippen LogP contribution in [0.3, 0.4) is 0 Å². The van der Waals surface area contributed by atoms with Crippen LogP contribution < -0.4 is 10.1 Å². The Morgan fingerprint density at radius 3 is 2.54 bits per heavy atom. The number of nitrogens with zero attached hydrogens (tertiary/aromatic N) is 1. The maximum Gasteiger partial charge on any atom is 0.251 e. The highest BCUT2D eigenvalue weighted by Crippen LogP contribution is 2.20. The van der Waals surface area contributed by atoms with Gasteiger partial charge in [0.05, 0.1) is 12.6 Å². The maximum atomic E-state index is 12.2. The number of hydrogen-bond donors (Lipinski definition) is 1. The molecule has 0 saturated carbocycles. The van der Waals surface area contributed by atoms with E-state index >= 15 is 0 Å². The van der Waals surface area contributed by atoms with Crippen molar-refractivity contribution in [2.24, 2.45) is 0 Å². The minimum atomic E-state index is -0.0861. The van der Waals surface area contributed by atoms with Crippen molar-refractivity contribution in [1.82, 2.24) is 10.2 Å². The molecule has 2 aliphatic rings. The van der Waals surface area contributed by atoms with Crippen LogP contribution in [0.1, 0.15) is 29.6 Å². The first kappa shape index (κ1) is 18.7. The number of carbonyl (C=O) groups excluding carboxylic acids is 2. The number of likely N-dealkylation sites (tertiary alicyclic amines) is 1. The van der Waals surface area contributed by atoms with Gasteiger partial charge in [-0.15, -0.1) is 0 Å². The number of carbonyl (C=O) groups is 2. The average Bonchev–Trinajstić information content (AvgIpc) is 3.16. The summed E-state index contributed by atoms with van der Waals surface area (Å²) in [5.41, 5.74) is 0.615. The molecule has 0 bridgehead atoms. The highest BCUT2D eigenvalue weighted by molar-refractivity contribution is 5.94. The summed E-state index contributed by atoms with van der Waals surface area (Å²) in [6.45, 7) is 2.77. The van der Waals surface area contributed by atoms with Gasteiger partial charge in [0.15, 0.2) is 0 Å². The van der Waals surface area contributed by atoms with Crippen LogP contribution in [0.25, 0.3) is 0 Å². The number of benzene rings is 1. The fourth-order valence-corrected chi connectivity index (χ4v) is 3.23. The lowest BCUT2D eigenvalue weighted by molar-refractivity contribution is -0.136. The summed E-state index contributed by atoms with van der Waals surface area (Å²) in [4.78, 5) is 25.8. The zero-order valence-electron chi connectivity index (χ0n) is 15.1. The first-order chi connectivity index (χ1) is 12.7. The molecule has 0 aromatic heterocycles. The summed E-state index contributed by atoms with van der Waals surface area (Å²) >= 11 is 0. The van der Waals surface area contributed by atoms with Gasteiger partial charge in [0.25, 0.3) is 5.91 Å². The molecule has 7 nitrogen and oxygen atoms in total. The molecule has 1 atom stereocenters. The predicted molar refractivity (Wildman–Crippen MR) is 95.2 cm³/mol. The van der Waals surface area contributed by atoms with Crippen LogP contribution in [0.4, 0.5) is 0 Å². The van der Waals surface area contributed by atoms with E-state index in [4.69, 9.17) is 14.2 Å². The molecule has 1 aromatic rings. The highest BCUT2D eigenvalue weighted by atomic mass is 16.5. The van der Waals surface area contributed by atoms with E-state index in [0.717, 1.165) is 25.0 Å². The number of rotatable bonds is 6. The third-order valence-electron chi connectivity index (χ3n) is 4.75. The lowest BCUT2D eigenvalue weighted by Gasteiger charge is -2.32. The molecule has 1 N–H and O–H groups in total. The monoisotopic (exact) mass is 362 g/mol. The van der Waals surface area contributed by atoms with E-state index in [1.165, 1.54) is 7.11 Å². The van der Waals surface area contributed by atoms with Gasteiger partial charge in [-0.25, -0.2) is 0 Å². The number of ether oxygens (including phenoxy) is 3. The molecular formula is C19H26N2O5. The maximum absolute atomic E-state index is 12.2. The minimum Gasteiger partial charge on any atom is -0.490 e. The molecule has 0 radical (unpaired) electrons. The van der Waals surface area contributed by atoms with Crippen LogP contribution in [-0.4, -0.2) is 68.9 Å². The lowest BCUT2D eigenvalue weighted by atomic mass is 10.1. The predicted octanol–water partition coefficient (Wildman–Crippen LogP) is 1.22. The van der Waals surface area contributed by atoms with E-state index in [-0.39, 0.29) is 30.6 Å². The Balaban J connectivity index is 1.46. The van der Waals surface area contributed by atoms with Crippen molar-refractivity contribution in [3.8, 4) is 5.75 Å². The third kappa shape index (κ3) is 4.95. The van der Waals surface area contributed by atoms with Crippen LogP contribution in [0.5, 0.6) is 5.75 Å². The second-order valence-electron chi connectivity index (χ2n) is 6.69. The number of methoxy groups -OCH3 is 1. The first-order valence-corrected chi connectivity index (χ1v) is 9.07. The summed E-state index contributed by atoms with van der Waals surface area (Å²) in [6.07, 6.45) is 2.52. The molecular weight excluding hydrogens is 336 g/mol. The molecule has 0 aliphatic carbocycles. The van der Waals surface area contributed by atoms with Crippen LogP contribution in [0.15, 0.2) is 24.3 Å². The summed E-state index contributed by atoms with van der Waals surface area (Å²) in [5.74, 6) is 0.679. The fraction of sp³-hybridized carbons (Fsp3) is 0.579. The molecule has 1 unspecified atom stereocenters. The molecule has 2 aliphatic heterocycles. The molecule has 0 spiro atoms. The molecule has 2 fully saturated rings. The highest BCUT2D eigenvalue weighted by Gasteiger charge is 2.24. The minimum absolute atomic E-state index is 0.0222. The Morgan fingerprint density at radius 2 is 1.92 bits per heavy atom. The van der Waals surface area contributed by atoms with E-state index in [2.05, 4.69) is 5.32 Å². The van der Waals surface area contributed by atoms with Crippen molar-refractivity contribution in [2.45, 2.75) is 31.4 Å². The SMILES string of the molecule is COCC(=O)N1CCC(Oc2ccc(C(=O)NC3CCOC3)cc2)CC1. The molecule has 2 amide bonds. The second kappa shape index (κ2) is 9.00. The zero-order chi connectivity index (χ0) is 18.4. The van der Waals surface area contributed by atoms with Crippen molar-refractivity contribution in [1.29, 1.82) is 0 Å². The standard InChI is InChI=1S/C19H26N2O5/c1-24-13-18(22)21-9-6-17(7-10-21)26-16-4-2-14(3-5-16)19(23)20-15-8-11-25-12-15/h2-5,15,17H,6-13H2,1H3,(H,20,23). The van der Waals surface area contributed by atoms with Gasteiger partial charge in [-0.05, 0) is 30.7 Å². The van der Waals surface area contributed by atoms with Gasteiger partial charge >= 0.3 is 0 Å². The third-order valence-corrected chi connectivity index (χ3v) is 4.75. The summed E-state index contributed by atoms with van der Waals surface area (Å²) in [7, 11) is 1.53. The van der Waals surface area contributed by atoms with Gasteiger partial charge in [-0.1, -0.05) is 0 Å². The number of amides is 2. The van der Waals surface area contributed by atoms with Crippen LogP contribution >= 0.6 is 0 Å². The Kier molecular flexibility index (Phi) is 6.46. The largest absolute Gasteiger partial charge is 0.490 e. The van der Waals surface area contributed by atoms with E-state index in [0.29, 0.717) is 31.9 Å². The summed E-state index contributed by atoms with van der Waals surface area (Å²) in [5, 5.41) is 2.97. The van der Waals surface area contributed by atoms with Crippen LogP contribution in [0.2, 0.25) is 0 Å². The van der Waals surface area contributed by atoms with E-state index in [1.807, 2.05) is 17.0 Å². The van der Waals surface area contributed by atoms with Gasteiger partial charge in [-0.3, -0.25) is 9.59 Å². The molecule has 2 heterocycles. The second-order valence-corrected chi connectivity index (χ2v) is 6.69. The van der Waals surface area contributed by atoms with Crippen molar-refractivity contribution in [3.05, 3.63) is 29.8 Å². The molecule has 2 saturated heterocycles. The van der Waals surface area contributed by atoms with Gasteiger partial charge < -0.3 is 24.4 Å². The van der Waals surface area contributed by atoms with E-state index in [9.17, 15) is 9.59 Å². The van der Waals surface area contributed by atoms with Crippen molar-refractivity contribution in [2.75, 3.05) is 40.0 Å². The summed E-state index contributed by atoms with van der Waals surface area (Å²) < 4.78 is 16.1. The van der Waals surface area contributed by atoms with E-state index in [1.54, 1.807) is 12.1 Å². The number of piperidine rings is 1. The zero-order valence-corrected chi connectivity index (χ0v) is 15.1.